The van der Waals surface area contributed by atoms with Crippen molar-refractivity contribution in [3.63, 3.8) is 0 Å². The highest BCUT2D eigenvalue weighted by Crippen LogP contribution is 2.34. The number of H-pyrrole nitrogens is 1. The Labute approximate surface area is 181 Å². The molecule has 0 spiro atoms. The second kappa shape index (κ2) is 7.98. The molecule has 1 atom stereocenters. The Hall–Kier alpha value is -3.48. The number of piperidine rings is 1. The van der Waals surface area contributed by atoms with Gasteiger partial charge in [-0.3, -0.25) is 19.7 Å². The Morgan fingerprint density at radius 2 is 1.81 bits per heavy atom. The van der Waals surface area contributed by atoms with Crippen LogP contribution in [0.1, 0.15) is 35.8 Å². The molecule has 3 aromatic rings. The van der Waals surface area contributed by atoms with Gasteiger partial charge in [-0.05, 0) is 56.0 Å². The van der Waals surface area contributed by atoms with Crippen molar-refractivity contribution in [3.05, 3.63) is 66.1 Å². The first-order chi connectivity index (χ1) is 15.1. The highest BCUT2D eigenvalue weighted by molar-refractivity contribution is 5.98. The fourth-order valence-electron chi connectivity index (χ4n) is 4.70. The quantitative estimate of drug-likeness (QED) is 0.712. The lowest BCUT2D eigenvalue weighted by Gasteiger charge is -2.34. The van der Waals surface area contributed by atoms with Gasteiger partial charge < -0.3 is 9.80 Å². The molecule has 1 fully saturated rings. The number of likely N-dealkylation sites (tertiary alicyclic amines) is 1. The predicted octanol–water partition coefficient (Wildman–Crippen LogP) is 3.30. The zero-order valence-electron chi connectivity index (χ0n) is 17.5. The van der Waals surface area contributed by atoms with Crippen LogP contribution >= 0.6 is 0 Å². The fourth-order valence-corrected chi connectivity index (χ4v) is 4.70. The van der Waals surface area contributed by atoms with Crippen molar-refractivity contribution in [2.24, 2.45) is 5.92 Å². The van der Waals surface area contributed by atoms with E-state index in [0.29, 0.717) is 31.6 Å². The maximum absolute atomic E-state index is 13.3. The largest absolute Gasteiger partial charge is 0.337 e. The summed E-state index contributed by atoms with van der Waals surface area (Å²) in [6, 6.07) is 13.8. The molecule has 7 nitrogen and oxygen atoms in total. The number of rotatable bonds is 3. The fraction of sp³-hybridized carbons (Fsp3) is 0.333. The first-order valence-electron chi connectivity index (χ1n) is 10.8. The van der Waals surface area contributed by atoms with E-state index < -0.39 is 0 Å². The third kappa shape index (κ3) is 3.60. The summed E-state index contributed by atoms with van der Waals surface area (Å²) in [5.74, 6) is 0.0662. The van der Waals surface area contributed by atoms with Crippen molar-refractivity contribution >= 4 is 17.5 Å². The van der Waals surface area contributed by atoms with E-state index in [9.17, 15) is 9.59 Å². The average Bonchev–Trinajstić information content (AvgIpc) is 3.43. The van der Waals surface area contributed by atoms with Crippen molar-refractivity contribution in [2.45, 2.75) is 32.2 Å². The number of pyridine rings is 1. The van der Waals surface area contributed by atoms with Gasteiger partial charge in [0.1, 0.15) is 5.69 Å². The molecule has 0 saturated carbocycles. The van der Waals surface area contributed by atoms with Crippen molar-refractivity contribution < 1.29 is 9.59 Å². The Balaban J connectivity index is 1.23. The van der Waals surface area contributed by atoms with Crippen LogP contribution in [0.2, 0.25) is 0 Å². The van der Waals surface area contributed by atoms with Crippen molar-refractivity contribution in [1.82, 2.24) is 20.1 Å². The van der Waals surface area contributed by atoms with E-state index >= 15 is 0 Å². The van der Waals surface area contributed by atoms with E-state index in [0.717, 1.165) is 23.4 Å². The summed E-state index contributed by atoms with van der Waals surface area (Å²) < 4.78 is 0. The maximum Gasteiger partial charge on any atom is 0.271 e. The van der Waals surface area contributed by atoms with Gasteiger partial charge in [0.25, 0.3) is 5.91 Å². The second-order valence-corrected chi connectivity index (χ2v) is 8.36. The van der Waals surface area contributed by atoms with Gasteiger partial charge in [-0.1, -0.05) is 18.2 Å². The number of nitrogens with zero attached hydrogens (tertiary/aromatic N) is 4. The Morgan fingerprint density at radius 3 is 2.58 bits per heavy atom. The third-order valence-corrected chi connectivity index (χ3v) is 6.36. The molecule has 2 aromatic heterocycles. The Morgan fingerprint density at radius 1 is 1.06 bits per heavy atom. The minimum Gasteiger partial charge on any atom is -0.337 e. The number of anilines is 1. The van der Waals surface area contributed by atoms with E-state index in [2.05, 4.69) is 28.2 Å². The maximum atomic E-state index is 13.3. The Kier molecular flexibility index (Phi) is 5.02. The molecule has 0 radical (unpaired) electrons. The van der Waals surface area contributed by atoms with Crippen LogP contribution < -0.4 is 4.90 Å². The van der Waals surface area contributed by atoms with Gasteiger partial charge in [0.2, 0.25) is 5.91 Å². The molecular weight excluding hydrogens is 390 g/mol. The smallest absolute Gasteiger partial charge is 0.271 e. The number of hydrogen-bond donors (Lipinski definition) is 1. The number of nitrogens with one attached hydrogen (secondary N) is 1. The number of carbonyl (C=O) groups is 2. The van der Waals surface area contributed by atoms with Crippen molar-refractivity contribution in [2.75, 3.05) is 18.0 Å². The molecule has 4 heterocycles. The van der Waals surface area contributed by atoms with Crippen LogP contribution in [-0.2, 0) is 11.2 Å². The molecule has 158 valence electrons. The number of para-hydroxylation sites is 1. The van der Waals surface area contributed by atoms with Crippen LogP contribution in [0.4, 0.5) is 5.69 Å². The van der Waals surface area contributed by atoms with Gasteiger partial charge in [0.05, 0.1) is 5.69 Å². The summed E-state index contributed by atoms with van der Waals surface area (Å²) in [7, 11) is 0. The van der Waals surface area contributed by atoms with Gasteiger partial charge in [-0.2, -0.15) is 5.10 Å². The third-order valence-electron chi connectivity index (χ3n) is 6.36. The number of amides is 2. The molecule has 2 aliphatic heterocycles. The van der Waals surface area contributed by atoms with E-state index in [-0.39, 0.29) is 23.8 Å². The molecule has 2 aliphatic rings. The molecule has 2 amide bonds. The van der Waals surface area contributed by atoms with E-state index in [1.165, 1.54) is 5.56 Å². The standard InChI is InChI=1S/C24H25N5O2/c1-16-14-19-4-2-3-5-22(19)29(16)23(30)18-8-12-28(13-9-18)24(31)21-15-20(26-27-21)17-6-10-25-11-7-17/h2-7,10-11,15-16,18H,8-9,12-14H2,1H3,(H,26,27)/t16-/m0/s1. The molecule has 0 aliphatic carbocycles. The van der Waals surface area contributed by atoms with Crippen LogP contribution in [-0.4, -0.2) is 51.0 Å². The van der Waals surface area contributed by atoms with Gasteiger partial charge in [-0.25, -0.2) is 0 Å². The summed E-state index contributed by atoms with van der Waals surface area (Å²) in [5, 5.41) is 7.13. The number of fused-ring (bicyclic) bond motifs is 1. The number of aromatic nitrogens is 3. The highest BCUT2D eigenvalue weighted by Gasteiger charge is 2.36. The highest BCUT2D eigenvalue weighted by atomic mass is 16.2. The summed E-state index contributed by atoms with van der Waals surface area (Å²) in [6.45, 7) is 3.25. The molecule has 0 unspecified atom stereocenters. The minimum absolute atomic E-state index is 0.0493. The first kappa shape index (κ1) is 19.5. The predicted molar refractivity (Wildman–Crippen MR) is 118 cm³/mol. The summed E-state index contributed by atoms with van der Waals surface area (Å²) in [4.78, 5) is 34.0. The molecular formula is C24H25N5O2. The van der Waals surface area contributed by atoms with E-state index in [1.807, 2.05) is 40.1 Å². The lowest BCUT2D eigenvalue weighted by molar-refractivity contribution is -0.124. The monoisotopic (exact) mass is 415 g/mol. The van der Waals surface area contributed by atoms with Crippen LogP contribution in [0.3, 0.4) is 0 Å². The summed E-state index contributed by atoms with van der Waals surface area (Å²) >= 11 is 0. The zero-order valence-corrected chi connectivity index (χ0v) is 17.5. The SMILES string of the molecule is C[C@H]1Cc2ccccc2N1C(=O)C1CCN(C(=O)c2cc(-c3ccncc3)n[nH]2)CC1. The van der Waals surface area contributed by atoms with Gasteiger partial charge in [-0.15, -0.1) is 0 Å². The summed E-state index contributed by atoms with van der Waals surface area (Å²) in [5.41, 5.74) is 4.38. The lowest BCUT2D eigenvalue weighted by atomic mass is 9.94. The van der Waals surface area contributed by atoms with Crippen molar-refractivity contribution in [3.8, 4) is 11.3 Å². The molecule has 1 N–H and O–H groups in total. The van der Waals surface area contributed by atoms with Gasteiger partial charge in [0, 0.05) is 48.7 Å². The van der Waals surface area contributed by atoms with E-state index in [4.69, 9.17) is 0 Å². The lowest BCUT2D eigenvalue weighted by Crippen LogP contribution is -2.46. The average molecular weight is 415 g/mol. The molecule has 5 rings (SSSR count). The summed E-state index contributed by atoms with van der Waals surface area (Å²) in [6.07, 6.45) is 5.67. The molecule has 1 saturated heterocycles. The molecule has 7 heteroatoms. The number of carbonyl (C=O) groups excluding carboxylic acids is 2. The number of benzene rings is 1. The Bertz CT molecular complexity index is 1100. The number of aromatic amines is 1. The zero-order chi connectivity index (χ0) is 21.4. The molecule has 31 heavy (non-hydrogen) atoms. The van der Waals surface area contributed by atoms with Crippen LogP contribution in [0.5, 0.6) is 0 Å². The molecule has 1 aromatic carbocycles. The second-order valence-electron chi connectivity index (χ2n) is 8.36. The topological polar surface area (TPSA) is 82.2 Å². The number of hydrogen-bond acceptors (Lipinski definition) is 4. The van der Waals surface area contributed by atoms with Crippen LogP contribution in [0, 0.1) is 5.92 Å². The van der Waals surface area contributed by atoms with Crippen LogP contribution in [0.25, 0.3) is 11.3 Å². The first-order valence-corrected chi connectivity index (χ1v) is 10.8. The van der Waals surface area contributed by atoms with E-state index in [1.54, 1.807) is 18.5 Å². The normalized spacial score (nSPS) is 18.8. The van der Waals surface area contributed by atoms with Crippen molar-refractivity contribution in [1.29, 1.82) is 0 Å². The van der Waals surface area contributed by atoms with Gasteiger partial charge in [0.15, 0.2) is 0 Å². The minimum atomic E-state index is -0.0707. The molecule has 0 bridgehead atoms. The van der Waals surface area contributed by atoms with Crippen LogP contribution in [0.15, 0.2) is 54.9 Å². The van der Waals surface area contributed by atoms with Gasteiger partial charge >= 0.3 is 0 Å².